The summed E-state index contributed by atoms with van der Waals surface area (Å²) in [5.41, 5.74) is 4.65. The molecule has 1 aromatic rings. The first-order valence-electron chi connectivity index (χ1n) is 5.23. The van der Waals surface area contributed by atoms with Crippen LogP contribution in [0.3, 0.4) is 0 Å². The summed E-state index contributed by atoms with van der Waals surface area (Å²) in [6.45, 7) is 4.13. The fraction of sp³-hybridized carbons (Fsp3) is 0.364. The Morgan fingerprint density at radius 3 is 2.61 bits per heavy atom. The van der Waals surface area contributed by atoms with Crippen molar-refractivity contribution in [2.45, 2.75) is 13.8 Å². The van der Waals surface area contributed by atoms with Crippen LogP contribution in [0.2, 0.25) is 5.02 Å². The van der Waals surface area contributed by atoms with Gasteiger partial charge in [-0.2, -0.15) is 0 Å². The van der Waals surface area contributed by atoms with E-state index in [1.54, 1.807) is 0 Å². The standard InChI is InChI=1S/C11H13ClN2O4/c1-6(2)5-18-10-4-8(12)7(11(13)15)3-9(10)14(16)17/h3-4,6H,5H2,1-2H3,(H2,13,15). The molecule has 0 unspecified atom stereocenters. The Labute approximate surface area is 109 Å². The van der Waals surface area contributed by atoms with Crippen molar-refractivity contribution in [3.05, 3.63) is 32.8 Å². The number of rotatable bonds is 5. The van der Waals surface area contributed by atoms with E-state index >= 15 is 0 Å². The summed E-state index contributed by atoms with van der Waals surface area (Å²) in [5, 5.41) is 10.9. The van der Waals surface area contributed by atoms with E-state index in [9.17, 15) is 14.9 Å². The number of primary amides is 1. The number of nitro groups is 1. The van der Waals surface area contributed by atoms with Crippen molar-refractivity contribution >= 4 is 23.2 Å². The first kappa shape index (κ1) is 14.2. The SMILES string of the molecule is CC(C)COc1cc(Cl)c(C(N)=O)cc1[N+](=O)[O-]. The molecule has 0 atom stereocenters. The molecule has 0 aliphatic carbocycles. The molecule has 0 spiro atoms. The smallest absolute Gasteiger partial charge is 0.311 e. The van der Waals surface area contributed by atoms with Crippen LogP contribution in [-0.4, -0.2) is 17.4 Å². The summed E-state index contributed by atoms with van der Waals surface area (Å²) in [7, 11) is 0. The number of benzene rings is 1. The van der Waals surface area contributed by atoms with E-state index in [2.05, 4.69) is 0 Å². The Hall–Kier alpha value is -1.82. The van der Waals surface area contributed by atoms with Crippen LogP contribution in [0.5, 0.6) is 5.75 Å². The third-order valence-corrected chi connectivity index (χ3v) is 2.40. The second-order valence-electron chi connectivity index (χ2n) is 4.13. The molecule has 0 heterocycles. The Kier molecular flexibility index (Phi) is 4.49. The predicted molar refractivity (Wildman–Crippen MR) is 67.0 cm³/mol. The van der Waals surface area contributed by atoms with Gasteiger partial charge >= 0.3 is 5.69 Å². The van der Waals surface area contributed by atoms with Crippen LogP contribution in [0.4, 0.5) is 5.69 Å². The van der Waals surface area contributed by atoms with Crippen molar-refractivity contribution in [3.8, 4) is 5.75 Å². The van der Waals surface area contributed by atoms with E-state index < -0.39 is 10.8 Å². The number of nitro benzene ring substituents is 1. The van der Waals surface area contributed by atoms with Gasteiger partial charge in [0, 0.05) is 12.1 Å². The largest absolute Gasteiger partial charge is 0.487 e. The molecule has 1 amide bonds. The zero-order valence-corrected chi connectivity index (χ0v) is 10.7. The van der Waals surface area contributed by atoms with Crippen LogP contribution >= 0.6 is 11.6 Å². The minimum Gasteiger partial charge on any atom is -0.487 e. The van der Waals surface area contributed by atoms with Crippen molar-refractivity contribution < 1.29 is 14.5 Å². The highest BCUT2D eigenvalue weighted by Gasteiger charge is 2.21. The number of hydrogen-bond donors (Lipinski definition) is 1. The predicted octanol–water partition coefficient (Wildman–Crippen LogP) is 2.38. The van der Waals surface area contributed by atoms with Gasteiger partial charge in [-0.05, 0) is 5.92 Å². The monoisotopic (exact) mass is 272 g/mol. The molecule has 0 bridgehead atoms. The highest BCUT2D eigenvalue weighted by molar-refractivity contribution is 6.34. The van der Waals surface area contributed by atoms with Crippen molar-refractivity contribution in [1.82, 2.24) is 0 Å². The molecule has 1 rings (SSSR count). The molecule has 0 saturated heterocycles. The molecule has 0 saturated carbocycles. The summed E-state index contributed by atoms with van der Waals surface area (Å²) in [6.07, 6.45) is 0. The summed E-state index contributed by atoms with van der Waals surface area (Å²) in [4.78, 5) is 21.3. The number of carbonyl (C=O) groups is 1. The second-order valence-corrected chi connectivity index (χ2v) is 4.53. The van der Waals surface area contributed by atoms with Gasteiger partial charge in [-0.15, -0.1) is 0 Å². The average Bonchev–Trinajstić information content (AvgIpc) is 2.25. The maximum absolute atomic E-state index is 11.0. The molecule has 0 aliphatic rings. The number of halogens is 1. The minimum absolute atomic E-state index is 0.0312. The number of nitrogens with two attached hydrogens (primary N) is 1. The maximum atomic E-state index is 11.0. The quantitative estimate of drug-likeness (QED) is 0.657. The molecule has 2 N–H and O–H groups in total. The Morgan fingerprint density at radius 2 is 2.17 bits per heavy atom. The van der Waals surface area contributed by atoms with Crippen LogP contribution in [0.25, 0.3) is 0 Å². The molecular weight excluding hydrogens is 260 g/mol. The van der Waals surface area contributed by atoms with Crippen LogP contribution in [0.1, 0.15) is 24.2 Å². The molecule has 1 aromatic carbocycles. The maximum Gasteiger partial charge on any atom is 0.311 e. The summed E-state index contributed by atoms with van der Waals surface area (Å²) in [5.74, 6) is -0.582. The van der Waals surface area contributed by atoms with Crippen LogP contribution in [0, 0.1) is 16.0 Å². The van der Waals surface area contributed by atoms with Crippen molar-refractivity contribution in [2.75, 3.05) is 6.61 Å². The number of hydrogen-bond acceptors (Lipinski definition) is 4. The van der Waals surface area contributed by atoms with E-state index in [4.69, 9.17) is 22.1 Å². The van der Waals surface area contributed by atoms with E-state index in [0.29, 0.717) is 6.61 Å². The van der Waals surface area contributed by atoms with Crippen molar-refractivity contribution in [1.29, 1.82) is 0 Å². The van der Waals surface area contributed by atoms with E-state index in [1.165, 1.54) is 6.07 Å². The zero-order valence-electron chi connectivity index (χ0n) is 9.97. The summed E-state index contributed by atoms with van der Waals surface area (Å²) in [6, 6.07) is 2.27. The van der Waals surface area contributed by atoms with Crippen molar-refractivity contribution in [2.24, 2.45) is 11.7 Å². The molecule has 0 aliphatic heterocycles. The molecule has 0 aromatic heterocycles. The summed E-state index contributed by atoms with van der Waals surface area (Å²) < 4.78 is 5.30. The molecular formula is C11H13ClN2O4. The van der Waals surface area contributed by atoms with Crippen molar-refractivity contribution in [3.63, 3.8) is 0 Å². The lowest BCUT2D eigenvalue weighted by molar-refractivity contribution is -0.385. The topological polar surface area (TPSA) is 95.5 Å². The summed E-state index contributed by atoms with van der Waals surface area (Å²) >= 11 is 5.81. The second kappa shape index (κ2) is 5.68. The first-order valence-corrected chi connectivity index (χ1v) is 5.61. The highest BCUT2D eigenvalue weighted by atomic mass is 35.5. The molecule has 98 valence electrons. The lowest BCUT2D eigenvalue weighted by Gasteiger charge is -2.10. The normalized spacial score (nSPS) is 10.4. The van der Waals surface area contributed by atoms with Gasteiger partial charge in [0.2, 0.25) is 5.91 Å². The Balaban J connectivity index is 3.20. The van der Waals surface area contributed by atoms with Gasteiger partial charge in [0.25, 0.3) is 0 Å². The third kappa shape index (κ3) is 3.33. The zero-order chi connectivity index (χ0) is 13.9. The molecule has 0 radical (unpaired) electrons. The van der Waals surface area contributed by atoms with E-state index in [1.807, 2.05) is 13.8 Å². The number of nitrogens with zero attached hydrogens (tertiary/aromatic N) is 1. The molecule has 18 heavy (non-hydrogen) atoms. The Morgan fingerprint density at radius 1 is 1.56 bits per heavy atom. The van der Waals surface area contributed by atoms with Gasteiger partial charge in [-0.1, -0.05) is 25.4 Å². The number of carbonyl (C=O) groups excluding carboxylic acids is 1. The Bertz CT molecular complexity index is 488. The van der Waals surface area contributed by atoms with Crippen LogP contribution < -0.4 is 10.5 Å². The minimum atomic E-state index is -0.821. The fourth-order valence-corrected chi connectivity index (χ4v) is 1.49. The van der Waals surface area contributed by atoms with Gasteiger partial charge in [0.1, 0.15) is 0 Å². The van der Waals surface area contributed by atoms with E-state index in [0.717, 1.165) is 6.07 Å². The number of ether oxygens (including phenoxy) is 1. The van der Waals surface area contributed by atoms with E-state index in [-0.39, 0.29) is 27.9 Å². The lowest BCUT2D eigenvalue weighted by Crippen LogP contribution is -2.13. The number of amides is 1. The first-order chi connectivity index (χ1) is 8.32. The molecule has 0 fully saturated rings. The average molecular weight is 273 g/mol. The van der Waals surface area contributed by atoms with Gasteiger partial charge in [-0.25, -0.2) is 0 Å². The lowest BCUT2D eigenvalue weighted by atomic mass is 10.1. The van der Waals surface area contributed by atoms with Gasteiger partial charge in [0.15, 0.2) is 5.75 Å². The van der Waals surface area contributed by atoms with Gasteiger partial charge < -0.3 is 10.5 Å². The van der Waals surface area contributed by atoms with Crippen LogP contribution in [0.15, 0.2) is 12.1 Å². The molecule has 7 heteroatoms. The highest BCUT2D eigenvalue weighted by Crippen LogP contribution is 2.33. The van der Waals surface area contributed by atoms with Crippen LogP contribution in [-0.2, 0) is 0 Å². The third-order valence-electron chi connectivity index (χ3n) is 2.08. The molecule has 6 nitrogen and oxygen atoms in total. The van der Waals surface area contributed by atoms with Gasteiger partial charge in [0.05, 0.1) is 22.1 Å². The van der Waals surface area contributed by atoms with Gasteiger partial charge in [-0.3, -0.25) is 14.9 Å². The fourth-order valence-electron chi connectivity index (χ4n) is 1.25.